The summed E-state index contributed by atoms with van der Waals surface area (Å²) in [6.45, 7) is 20.1. The highest BCUT2D eigenvalue weighted by Crippen LogP contribution is 2.39. The Balaban J connectivity index is 1.93. The topological polar surface area (TPSA) is 77.4 Å². The zero-order chi connectivity index (χ0) is 32.0. The van der Waals surface area contributed by atoms with Crippen LogP contribution in [0.25, 0.3) is 0 Å². The van der Waals surface area contributed by atoms with Gasteiger partial charge in [0, 0.05) is 5.92 Å². The fourth-order valence-electron chi connectivity index (χ4n) is 5.45. The average molecular weight is 617 g/mol. The molecular weight excluding hydrogens is 556 g/mol. The minimum atomic E-state index is -1.98. The number of hydrogen-bond acceptors (Lipinski definition) is 6. The summed E-state index contributed by atoms with van der Waals surface area (Å²) in [4.78, 5) is 0. The lowest BCUT2D eigenvalue weighted by Crippen LogP contribution is -2.47. The summed E-state index contributed by atoms with van der Waals surface area (Å²) >= 11 is 0. The van der Waals surface area contributed by atoms with E-state index in [1.807, 2.05) is 42.5 Å². The second-order valence-corrected chi connectivity index (χ2v) is 18.9. The van der Waals surface area contributed by atoms with E-state index in [1.54, 1.807) is 7.11 Å². The van der Waals surface area contributed by atoms with Crippen molar-refractivity contribution in [3.05, 3.63) is 65.7 Å². The molecule has 2 aromatic rings. The smallest absolute Gasteiger partial charge is 0.192 e. The van der Waals surface area contributed by atoms with Gasteiger partial charge in [-0.05, 0) is 78.4 Å². The first-order valence-electron chi connectivity index (χ1n) is 16.0. The first-order chi connectivity index (χ1) is 20.3. The van der Waals surface area contributed by atoms with Crippen LogP contribution in [0.1, 0.15) is 71.9 Å². The zero-order valence-corrected chi connectivity index (χ0v) is 29.3. The summed E-state index contributed by atoms with van der Waals surface area (Å²) in [5.41, 5.74) is 2.23. The third-order valence-corrected chi connectivity index (χ3v) is 13.6. The number of benzene rings is 2. The van der Waals surface area contributed by atoms with Crippen molar-refractivity contribution in [3.63, 3.8) is 0 Å². The fourth-order valence-corrected chi connectivity index (χ4v) is 6.87. The summed E-state index contributed by atoms with van der Waals surface area (Å²) < 4.78 is 24.4. The largest absolute Gasteiger partial charge is 0.497 e. The first-order valence-corrected chi connectivity index (χ1v) is 19.0. The molecule has 6 nitrogen and oxygen atoms in total. The Morgan fingerprint density at radius 1 is 0.767 bits per heavy atom. The molecule has 7 heteroatoms. The van der Waals surface area contributed by atoms with Crippen molar-refractivity contribution in [2.24, 2.45) is 23.7 Å². The van der Waals surface area contributed by atoms with Gasteiger partial charge in [-0.3, -0.25) is 0 Å². The minimum Gasteiger partial charge on any atom is -0.497 e. The molecule has 43 heavy (non-hydrogen) atoms. The Morgan fingerprint density at radius 3 is 1.88 bits per heavy atom. The summed E-state index contributed by atoms with van der Waals surface area (Å²) in [5, 5.41) is 20.4. The minimum absolute atomic E-state index is 0.0395. The number of methoxy groups -OCH3 is 1. The summed E-state index contributed by atoms with van der Waals surface area (Å²) in [6.07, 6.45) is 2.12. The van der Waals surface area contributed by atoms with E-state index in [0.717, 1.165) is 30.6 Å². The van der Waals surface area contributed by atoms with Gasteiger partial charge in [-0.15, -0.1) is 0 Å². The number of aliphatic hydroxyl groups excluding tert-OH is 2. The fraction of sp³-hybridized carbons (Fsp3) is 0.667. The number of rotatable bonds is 20. The van der Waals surface area contributed by atoms with Gasteiger partial charge in [-0.2, -0.15) is 0 Å². The molecule has 0 heterocycles. The van der Waals surface area contributed by atoms with Crippen LogP contribution in [0, 0.1) is 23.7 Å². The van der Waals surface area contributed by atoms with Gasteiger partial charge in [0.05, 0.1) is 52.4 Å². The van der Waals surface area contributed by atoms with Crippen LogP contribution >= 0.6 is 0 Å². The Labute approximate surface area is 263 Å². The van der Waals surface area contributed by atoms with E-state index >= 15 is 0 Å². The Morgan fingerprint density at radius 2 is 1.33 bits per heavy atom. The first kappa shape index (κ1) is 37.4. The van der Waals surface area contributed by atoms with E-state index in [2.05, 4.69) is 66.8 Å². The normalized spacial score (nSPS) is 16.7. The number of aliphatic hydroxyl groups is 2. The lowest BCUT2D eigenvalue weighted by atomic mass is 9.83. The number of ether oxygens (including phenoxy) is 3. The predicted molar refractivity (Wildman–Crippen MR) is 179 cm³/mol. The lowest BCUT2D eigenvalue weighted by Gasteiger charge is -2.41. The third kappa shape index (κ3) is 13.4. The van der Waals surface area contributed by atoms with Crippen LogP contribution in [0.4, 0.5) is 0 Å². The molecule has 2 aromatic carbocycles. The lowest BCUT2D eigenvalue weighted by molar-refractivity contribution is -0.0156. The van der Waals surface area contributed by atoms with E-state index in [9.17, 15) is 10.2 Å². The van der Waals surface area contributed by atoms with Crippen LogP contribution in [0.3, 0.4) is 0 Å². The average Bonchev–Trinajstić information content (AvgIpc) is 2.95. The molecule has 0 unspecified atom stereocenters. The maximum atomic E-state index is 10.5. The molecule has 2 N–H and O–H groups in total. The number of hydrogen-bond donors (Lipinski definition) is 2. The molecule has 0 saturated heterocycles. The van der Waals surface area contributed by atoms with Crippen molar-refractivity contribution in [2.75, 3.05) is 26.9 Å². The second kappa shape index (κ2) is 18.3. The molecule has 0 fully saturated rings. The van der Waals surface area contributed by atoms with E-state index in [-0.39, 0.29) is 23.7 Å². The monoisotopic (exact) mass is 616 g/mol. The quantitative estimate of drug-likeness (QED) is 0.148. The van der Waals surface area contributed by atoms with Crippen LogP contribution < -0.4 is 4.74 Å². The molecule has 0 aliphatic carbocycles. The molecule has 0 bridgehead atoms. The van der Waals surface area contributed by atoms with Crippen molar-refractivity contribution in [2.45, 2.75) is 104 Å². The molecule has 2 rings (SSSR count). The van der Waals surface area contributed by atoms with Crippen LogP contribution in [-0.2, 0) is 27.1 Å². The zero-order valence-electron chi connectivity index (χ0n) is 28.3. The standard InChI is InChI=1S/C36H60O6Si/c1-27(19-28(2)21-32(34(38)22-37)25-40-24-31-15-17-33(39-7)18-16-31)20-29(3)35(42-43(8,9)36(4,5)6)26-41-23-30-13-11-10-12-14-30/h10-18,27-29,32,34-35,37-38H,19-26H2,1-9H3/t27-,28+,29+,32-,34+,35+/m1/s1. The summed E-state index contributed by atoms with van der Waals surface area (Å²) in [6, 6.07) is 18.1. The van der Waals surface area contributed by atoms with E-state index in [1.165, 1.54) is 5.56 Å². The predicted octanol–water partition coefficient (Wildman–Crippen LogP) is 7.87. The van der Waals surface area contributed by atoms with Gasteiger partial charge in [-0.1, -0.05) is 84.0 Å². The van der Waals surface area contributed by atoms with Crippen molar-refractivity contribution in [3.8, 4) is 5.75 Å². The van der Waals surface area contributed by atoms with Crippen LogP contribution in [0.15, 0.2) is 54.6 Å². The molecule has 0 saturated carbocycles. The Kier molecular flexibility index (Phi) is 15.9. The third-order valence-electron chi connectivity index (χ3n) is 9.06. The molecule has 0 radical (unpaired) electrons. The highest BCUT2D eigenvalue weighted by Gasteiger charge is 2.40. The molecule has 0 aliphatic heterocycles. The molecule has 244 valence electrons. The van der Waals surface area contributed by atoms with Crippen molar-refractivity contribution in [1.82, 2.24) is 0 Å². The molecular formula is C36H60O6Si. The summed E-state index contributed by atoms with van der Waals surface area (Å²) in [7, 11) is -0.325. The van der Waals surface area contributed by atoms with Gasteiger partial charge >= 0.3 is 0 Å². The maximum absolute atomic E-state index is 10.5. The highest BCUT2D eigenvalue weighted by atomic mass is 28.4. The van der Waals surface area contributed by atoms with E-state index < -0.39 is 14.4 Å². The maximum Gasteiger partial charge on any atom is 0.192 e. The van der Waals surface area contributed by atoms with Crippen molar-refractivity contribution >= 4 is 8.32 Å². The molecule has 0 amide bonds. The van der Waals surface area contributed by atoms with Gasteiger partial charge in [0.25, 0.3) is 0 Å². The molecule has 0 spiro atoms. The van der Waals surface area contributed by atoms with E-state index in [4.69, 9.17) is 18.6 Å². The van der Waals surface area contributed by atoms with Crippen molar-refractivity contribution < 1.29 is 28.8 Å². The van der Waals surface area contributed by atoms with Crippen LogP contribution in [-0.4, -0.2) is 57.7 Å². The van der Waals surface area contributed by atoms with Gasteiger partial charge < -0.3 is 28.8 Å². The molecule has 6 atom stereocenters. The second-order valence-electron chi connectivity index (χ2n) is 14.2. The van der Waals surface area contributed by atoms with Gasteiger partial charge in [0.2, 0.25) is 0 Å². The highest BCUT2D eigenvalue weighted by molar-refractivity contribution is 6.74. The van der Waals surface area contributed by atoms with E-state index in [0.29, 0.717) is 44.2 Å². The van der Waals surface area contributed by atoms with Gasteiger partial charge in [0.15, 0.2) is 8.32 Å². The van der Waals surface area contributed by atoms with Gasteiger partial charge in [-0.25, -0.2) is 0 Å². The Bertz CT molecular complexity index is 1010. The van der Waals surface area contributed by atoms with Crippen LogP contribution in [0.2, 0.25) is 18.1 Å². The SMILES string of the molecule is COc1ccc(COC[C@@H](C[C@@H](C)C[C@@H](C)C[C@H](C)[C@H](COCc2ccccc2)O[Si](C)(C)C(C)(C)C)[C@@H](O)CO)cc1. The molecule has 0 aliphatic rings. The summed E-state index contributed by atoms with van der Waals surface area (Å²) in [5.74, 6) is 1.90. The van der Waals surface area contributed by atoms with Crippen molar-refractivity contribution in [1.29, 1.82) is 0 Å². The molecule has 0 aromatic heterocycles. The van der Waals surface area contributed by atoms with Gasteiger partial charge in [0.1, 0.15) is 5.75 Å². The van der Waals surface area contributed by atoms with Crippen LogP contribution in [0.5, 0.6) is 5.75 Å². The Hall–Kier alpha value is -1.74.